The van der Waals surface area contributed by atoms with Crippen molar-refractivity contribution < 1.29 is 19.4 Å². The highest BCUT2D eigenvalue weighted by Gasteiger charge is 2.03. The summed E-state index contributed by atoms with van der Waals surface area (Å²) in [7, 11) is 3.61. The van der Waals surface area contributed by atoms with Crippen LogP contribution in [-0.2, 0) is 23.6 Å². The molecule has 2 aromatic heterocycles. The molecule has 0 aliphatic rings. The summed E-state index contributed by atoms with van der Waals surface area (Å²) >= 11 is 0. The number of nitrogens with zero attached hydrogens (tertiary/aromatic N) is 2. The first-order valence-electron chi connectivity index (χ1n) is 6.20. The molecule has 0 saturated carbocycles. The molecule has 0 aliphatic heterocycles. The van der Waals surface area contributed by atoms with Crippen LogP contribution < -0.4 is 5.73 Å². The number of carbonyl (C=O) groups excluding carboxylic acids is 1. The Kier molecular flexibility index (Phi) is 8.83. The highest BCUT2D eigenvalue weighted by Crippen LogP contribution is 1.98. The minimum Gasteiger partial charge on any atom is -0.477 e. The van der Waals surface area contributed by atoms with E-state index in [0.29, 0.717) is 18.8 Å². The number of ether oxygens (including phenoxy) is 1. The van der Waals surface area contributed by atoms with Crippen LogP contribution in [0.25, 0.3) is 0 Å². The molecule has 0 bridgehead atoms. The summed E-state index contributed by atoms with van der Waals surface area (Å²) in [5.74, 6) is -0.0810. The first-order valence-corrected chi connectivity index (χ1v) is 6.20. The van der Waals surface area contributed by atoms with E-state index in [1.165, 1.54) is 0 Å². The minimum atomic E-state index is -0.887. The number of aromatic nitrogens is 2. The molecule has 2 rings (SSSR count). The Bertz CT molecular complexity index is 529. The second kappa shape index (κ2) is 10.1. The Morgan fingerprint density at radius 1 is 1.29 bits per heavy atom. The van der Waals surface area contributed by atoms with Gasteiger partial charge in [-0.15, -0.1) is 0 Å². The first kappa shape index (κ1) is 18.3. The molecule has 7 nitrogen and oxygen atoms in total. The third kappa shape index (κ3) is 7.46. The number of aromatic carboxylic acids is 1. The molecule has 21 heavy (non-hydrogen) atoms. The zero-order chi connectivity index (χ0) is 16.3. The lowest BCUT2D eigenvalue weighted by atomic mass is 10.4. The zero-order valence-electron chi connectivity index (χ0n) is 12.4. The summed E-state index contributed by atoms with van der Waals surface area (Å²) in [4.78, 5) is 19.4. The highest BCUT2D eigenvalue weighted by atomic mass is 16.5. The predicted molar refractivity (Wildman–Crippen MR) is 79.9 cm³/mol. The van der Waals surface area contributed by atoms with Crippen molar-refractivity contribution in [2.24, 2.45) is 14.1 Å². The van der Waals surface area contributed by atoms with Gasteiger partial charge in [0, 0.05) is 26.5 Å². The Balaban J connectivity index is 0.000000300. The van der Waals surface area contributed by atoms with E-state index in [9.17, 15) is 9.59 Å². The number of rotatable bonds is 3. The fraction of sp³-hybridized carbons (Fsp3) is 0.286. The second-order valence-electron chi connectivity index (χ2n) is 3.91. The van der Waals surface area contributed by atoms with E-state index in [2.05, 4.69) is 4.74 Å². The molecule has 7 heteroatoms. The van der Waals surface area contributed by atoms with Gasteiger partial charge in [0.1, 0.15) is 11.5 Å². The normalized spacial score (nSPS) is 8.71. The van der Waals surface area contributed by atoms with Crippen molar-refractivity contribution in [1.82, 2.24) is 9.13 Å². The van der Waals surface area contributed by atoms with Crippen molar-refractivity contribution in [2.45, 2.75) is 6.92 Å². The quantitative estimate of drug-likeness (QED) is 0.836. The number of carbonyl (C=O) groups is 2. The van der Waals surface area contributed by atoms with Crippen molar-refractivity contribution in [3.05, 3.63) is 42.4 Å². The lowest BCUT2D eigenvalue weighted by Gasteiger charge is -1.93. The molecule has 0 unspecified atom stereocenters. The van der Waals surface area contributed by atoms with Crippen LogP contribution in [-0.4, -0.2) is 33.3 Å². The smallest absolute Gasteiger partial charge is 0.352 e. The number of hydrogen-bond donors (Lipinski definition) is 2. The van der Waals surface area contributed by atoms with Crippen molar-refractivity contribution in [3.8, 4) is 0 Å². The maximum Gasteiger partial charge on any atom is 0.352 e. The average molecular weight is 295 g/mol. The van der Waals surface area contributed by atoms with Crippen molar-refractivity contribution >= 4 is 18.3 Å². The molecule has 0 aromatic carbocycles. The number of carboxylic acids is 1. The molecule has 116 valence electrons. The highest BCUT2D eigenvalue weighted by molar-refractivity contribution is 5.85. The molecule has 3 N–H and O–H groups in total. The molecular formula is C14H21N3O4. The number of carboxylic acid groups (broad SMARTS) is 1. The standard InChI is InChI=1S/C6H7NO2.C5H8N2.C3H6O2/c1-7-4-2-3-5(7)6(8)9;1-7-4-2-3-5(7)6;1-2-5-3-4/h2-4H,1H3,(H,8,9);2-4H,6H2,1H3;3H,2H2,1H3. The number of nitrogens with two attached hydrogens (primary N) is 1. The molecule has 0 saturated heterocycles. The fourth-order valence-electron chi connectivity index (χ4n) is 1.23. The maximum atomic E-state index is 10.3. The van der Waals surface area contributed by atoms with Gasteiger partial charge in [-0.05, 0) is 31.2 Å². The van der Waals surface area contributed by atoms with Crippen molar-refractivity contribution in [1.29, 1.82) is 0 Å². The fourth-order valence-corrected chi connectivity index (χ4v) is 1.23. The van der Waals surface area contributed by atoms with Crippen LogP contribution in [0, 0.1) is 0 Å². The zero-order valence-corrected chi connectivity index (χ0v) is 12.4. The Hall–Kier alpha value is -2.70. The van der Waals surface area contributed by atoms with Gasteiger partial charge in [0.2, 0.25) is 0 Å². The van der Waals surface area contributed by atoms with Gasteiger partial charge in [-0.1, -0.05) is 0 Å². The van der Waals surface area contributed by atoms with E-state index in [1.807, 2.05) is 29.9 Å². The second-order valence-corrected chi connectivity index (χ2v) is 3.91. The maximum absolute atomic E-state index is 10.3. The number of nitrogen functional groups attached to an aromatic ring is 1. The van der Waals surface area contributed by atoms with Crippen LogP contribution >= 0.6 is 0 Å². The molecule has 2 aromatic rings. The van der Waals surface area contributed by atoms with Gasteiger partial charge >= 0.3 is 5.97 Å². The van der Waals surface area contributed by atoms with E-state index < -0.39 is 5.97 Å². The van der Waals surface area contributed by atoms with Crippen LogP contribution in [0.15, 0.2) is 36.7 Å². The van der Waals surface area contributed by atoms with Gasteiger partial charge in [0.25, 0.3) is 6.47 Å². The van der Waals surface area contributed by atoms with Crippen LogP contribution in [0.2, 0.25) is 0 Å². The third-order valence-electron chi connectivity index (χ3n) is 2.38. The van der Waals surface area contributed by atoms with Crippen LogP contribution in [0.4, 0.5) is 5.82 Å². The summed E-state index contributed by atoms with van der Waals surface area (Å²) in [5, 5.41) is 8.43. The van der Waals surface area contributed by atoms with Crippen molar-refractivity contribution in [3.63, 3.8) is 0 Å². The summed E-state index contributed by atoms with van der Waals surface area (Å²) in [5.41, 5.74) is 5.72. The van der Waals surface area contributed by atoms with Crippen LogP contribution in [0.5, 0.6) is 0 Å². The molecule has 0 fully saturated rings. The molecule has 0 spiro atoms. The van der Waals surface area contributed by atoms with E-state index in [-0.39, 0.29) is 0 Å². The molecule has 2 heterocycles. The molecular weight excluding hydrogens is 274 g/mol. The van der Waals surface area contributed by atoms with Gasteiger partial charge in [0.05, 0.1) is 6.61 Å². The van der Waals surface area contributed by atoms with Gasteiger partial charge in [-0.2, -0.15) is 0 Å². The van der Waals surface area contributed by atoms with E-state index in [0.717, 1.165) is 5.82 Å². The lowest BCUT2D eigenvalue weighted by molar-refractivity contribution is -0.128. The average Bonchev–Trinajstić information content (AvgIpc) is 3.02. The van der Waals surface area contributed by atoms with Gasteiger partial charge in [-0.3, -0.25) is 4.79 Å². The number of hydrogen-bond acceptors (Lipinski definition) is 4. The van der Waals surface area contributed by atoms with E-state index in [4.69, 9.17) is 10.8 Å². The summed E-state index contributed by atoms with van der Waals surface area (Å²) in [6.07, 6.45) is 3.61. The Labute approximate surface area is 123 Å². The van der Waals surface area contributed by atoms with E-state index >= 15 is 0 Å². The largest absolute Gasteiger partial charge is 0.477 e. The Morgan fingerprint density at radius 2 is 1.86 bits per heavy atom. The monoisotopic (exact) mass is 295 g/mol. The minimum absolute atomic E-state index is 0.315. The SMILES string of the molecule is CCOC=O.Cn1cccc1C(=O)O.Cn1cccc1N. The van der Waals surface area contributed by atoms with Gasteiger partial charge in [-0.25, -0.2) is 4.79 Å². The Morgan fingerprint density at radius 3 is 2.00 bits per heavy atom. The molecule has 0 radical (unpaired) electrons. The first-order chi connectivity index (χ1) is 9.93. The number of anilines is 1. The third-order valence-corrected chi connectivity index (χ3v) is 2.38. The lowest BCUT2D eigenvalue weighted by Crippen LogP contribution is -2.02. The molecule has 0 aliphatic carbocycles. The molecule has 0 amide bonds. The summed E-state index contributed by atoms with van der Waals surface area (Å²) < 4.78 is 7.57. The van der Waals surface area contributed by atoms with Crippen LogP contribution in [0.1, 0.15) is 17.4 Å². The summed E-state index contributed by atoms with van der Waals surface area (Å²) in [6.45, 7) is 2.66. The predicted octanol–water partition coefficient (Wildman–Crippen LogP) is 1.51. The van der Waals surface area contributed by atoms with Crippen molar-refractivity contribution in [2.75, 3.05) is 12.3 Å². The topological polar surface area (TPSA) is 99.5 Å². The van der Waals surface area contributed by atoms with E-state index in [1.54, 1.807) is 36.9 Å². The van der Waals surface area contributed by atoms with Crippen LogP contribution in [0.3, 0.4) is 0 Å². The molecule has 0 atom stereocenters. The number of aryl methyl sites for hydroxylation is 2. The summed E-state index contributed by atoms with van der Waals surface area (Å²) in [6, 6.07) is 7.03. The van der Waals surface area contributed by atoms with Gasteiger partial charge in [0.15, 0.2) is 0 Å². The van der Waals surface area contributed by atoms with Gasteiger partial charge < -0.3 is 24.7 Å².